The average Bonchev–Trinajstić information content (AvgIpc) is 3.27. The van der Waals surface area contributed by atoms with Gasteiger partial charge in [0.2, 0.25) is 0 Å². The largest absolute Gasteiger partial charge is 0.466 e. The Morgan fingerprint density at radius 3 is 2.45 bits per heavy atom. The van der Waals surface area contributed by atoms with Crippen molar-refractivity contribution in [3.05, 3.63) is 35.9 Å². The van der Waals surface area contributed by atoms with E-state index in [1.54, 1.807) is 13.8 Å². The molecule has 1 heterocycles. The van der Waals surface area contributed by atoms with Gasteiger partial charge in [-0.05, 0) is 58.6 Å². The summed E-state index contributed by atoms with van der Waals surface area (Å²) in [6.07, 6.45) is -1.58. The van der Waals surface area contributed by atoms with Gasteiger partial charge in [0.15, 0.2) is 5.79 Å². The van der Waals surface area contributed by atoms with E-state index >= 15 is 0 Å². The van der Waals surface area contributed by atoms with Crippen molar-refractivity contribution in [2.24, 2.45) is 17.3 Å². The van der Waals surface area contributed by atoms with Crippen LogP contribution in [-0.4, -0.2) is 86.7 Å². The van der Waals surface area contributed by atoms with Crippen LogP contribution >= 0.6 is 0 Å². The van der Waals surface area contributed by atoms with Crippen LogP contribution in [0.5, 0.6) is 0 Å². The monoisotopic (exact) mass is 608 g/mol. The van der Waals surface area contributed by atoms with Crippen molar-refractivity contribution >= 4 is 14.0 Å². The number of ether oxygens (including phenoxy) is 6. The van der Waals surface area contributed by atoms with Crippen LogP contribution in [0.25, 0.3) is 0 Å². The van der Waals surface area contributed by atoms with E-state index in [1.165, 1.54) is 0 Å². The number of aliphatic hydroxyl groups excluding tert-OH is 1. The fourth-order valence-corrected chi connectivity index (χ4v) is 7.97. The minimum absolute atomic E-state index is 0.0477. The molecule has 1 aromatic carbocycles. The first-order valence-electron chi connectivity index (χ1n) is 15.5. The highest BCUT2D eigenvalue weighted by molar-refractivity contribution is 6.76. The normalized spacial score (nSPS) is 36.4. The van der Waals surface area contributed by atoms with Gasteiger partial charge in [0, 0.05) is 26.5 Å². The molecule has 2 aliphatic carbocycles. The Balaban J connectivity index is 1.67. The lowest BCUT2D eigenvalue weighted by atomic mass is 9.47. The van der Waals surface area contributed by atoms with E-state index < -0.39 is 61.0 Å². The number of rotatable bonds is 12. The van der Waals surface area contributed by atoms with E-state index in [4.69, 9.17) is 28.4 Å². The predicted molar refractivity (Wildman–Crippen MR) is 160 cm³/mol. The Morgan fingerprint density at radius 2 is 1.83 bits per heavy atom. The lowest BCUT2D eigenvalue weighted by molar-refractivity contribution is -0.296. The van der Waals surface area contributed by atoms with E-state index in [2.05, 4.69) is 19.6 Å². The van der Waals surface area contributed by atoms with Crippen LogP contribution < -0.4 is 0 Å². The summed E-state index contributed by atoms with van der Waals surface area (Å²) in [6.45, 7) is 15.1. The topological polar surface area (TPSA) is 113 Å². The highest BCUT2D eigenvalue weighted by Crippen LogP contribution is 2.60. The van der Waals surface area contributed by atoms with Crippen molar-refractivity contribution in [1.82, 2.24) is 0 Å². The number of hydrogen-bond donors (Lipinski definition) is 2. The molecular weight excluding hydrogens is 556 g/mol. The Hall–Kier alpha value is -1.37. The molecule has 0 amide bonds. The number of hydrogen-bond acceptors (Lipinski definition) is 9. The van der Waals surface area contributed by atoms with Crippen molar-refractivity contribution < 1.29 is 43.4 Å². The fourth-order valence-electron chi connectivity index (χ4n) is 7.21. The maximum atomic E-state index is 14.2. The maximum Gasteiger partial charge on any atom is 0.312 e. The first-order chi connectivity index (χ1) is 19.7. The number of carbonyl (C=O) groups is 1. The summed E-state index contributed by atoms with van der Waals surface area (Å²) in [5.41, 5.74) is -1.87. The molecule has 1 aromatic rings. The second kappa shape index (κ2) is 13.3. The predicted octanol–water partition coefficient (Wildman–Crippen LogP) is 4.51. The molecule has 0 unspecified atom stereocenters. The van der Waals surface area contributed by atoms with Crippen molar-refractivity contribution in [2.75, 3.05) is 26.6 Å². The molecule has 4 rings (SSSR count). The van der Waals surface area contributed by atoms with Gasteiger partial charge in [0.1, 0.15) is 12.9 Å². The zero-order valence-electron chi connectivity index (χ0n) is 26.5. The summed E-state index contributed by atoms with van der Waals surface area (Å²) in [7, 11) is -1.30. The number of esters is 1. The number of benzene rings is 1. The van der Waals surface area contributed by atoms with Gasteiger partial charge in [-0.3, -0.25) is 4.79 Å². The lowest BCUT2D eigenvalue weighted by Crippen LogP contribution is -2.73. The van der Waals surface area contributed by atoms with Crippen LogP contribution in [0.2, 0.25) is 25.7 Å². The van der Waals surface area contributed by atoms with E-state index in [1.807, 2.05) is 44.2 Å². The van der Waals surface area contributed by atoms with Crippen molar-refractivity contribution in [2.45, 2.75) is 115 Å². The van der Waals surface area contributed by atoms with Crippen LogP contribution in [0.15, 0.2) is 30.3 Å². The van der Waals surface area contributed by atoms with Gasteiger partial charge in [0.25, 0.3) is 0 Å². The van der Waals surface area contributed by atoms with E-state index in [9.17, 15) is 15.0 Å². The third-order valence-electron chi connectivity index (χ3n) is 9.28. The Labute approximate surface area is 252 Å². The molecule has 0 aromatic heterocycles. The van der Waals surface area contributed by atoms with E-state index in [-0.39, 0.29) is 26.1 Å². The number of carbonyl (C=O) groups excluding carboxylic acids is 1. The summed E-state index contributed by atoms with van der Waals surface area (Å²) in [6, 6.07) is 10.9. The summed E-state index contributed by atoms with van der Waals surface area (Å²) >= 11 is 0. The zero-order valence-corrected chi connectivity index (χ0v) is 27.5. The summed E-state index contributed by atoms with van der Waals surface area (Å²) < 4.78 is 36.5. The molecule has 2 N–H and O–H groups in total. The standard InChI is InChI=1S/C32H52O9Si/c1-8-37-29(34)32-15-14-23(38-19-22-12-10-9-11-13-22)18-24(32)26(39-21-36-16-17-42(5,6)7)28(33)31(4,35)27(32)25-20-40-30(2,3)41-25/h9-13,23-28,33,35H,8,14-21H2,1-7H3/t23-,24+,25-,26+,27+,28+,31+,32+/m0/s1. The Kier molecular flexibility index (Phi) is 10.6. The van der Waals surface area contributed by atoms with Gasteiger partial charge < -0.3 is 38.6 Å². The quantitative estimate of drug-likeness (QED) is 0.153. The number of fused-ring (bicyclic) bond motifs is 1. The smallest absolute Gasteiger partial charge is 0.312 e. The molecule has 3 aliphatic rings. The second-order valence-electron chi connectivity index (χ2n) is 14.0. The molecule has 1 saturated heterocycles. The summed E-state index contributed by atoms with van der Waals surface area (Å²) in [5.74, 6) is -2.60. The van der Waals surface area contributed by atoms with Gasteiger partial charge in [0.05, 0.1) is 49.1 Å². The Morgan fingerprint density at radius 1 is 1.12 bits per heavy atom. The van der Waals surface area contributed by atoms with E-state index in [0.717, 1.165) is 11.6 Å². The first kappa shape index (κ1) is 33.5. The third kappa shape index (κ3) is 7.29. The lowest BCUT2D eigenvalue weighted by Gasteiger charge is -2.61. The molecule has 0 bridgehead atoms. The molecule has 3 fully saturated rings. The van der Waals surface area contributed by atoms with Gasteiger partial charge in [-0.2, -0.15) is 0 Å². The van der Waals surface area contributed by atoms with Crippen LogP contribution in [0.1, 0.15) is 52.5 Å². The van der Waals surface area contributed by atoms with Crippen molar-refractivity contribution in [3.63, 3.8) is 0 Å². The van der Waals surface area contributed by atoms with Crippen LogP contribution in [0.3, 0.4) is 0 Å². The van der Waals surface area contributed by atoms with E-state index in [0.29, 0.717) is 32.5 Å². The van der Waals surface area contributed by atoms with Crippen LogP contribution in [0, 0.1) is 17.3 Å². The van der Waals surface area contributed by atoms with Gasteiger partial charge in [-0.15, -0.1) is 0 Å². The minimum Gasteiger partial charge on any atom is -0.466 e. The molecule has 1 aliphatic heterocycles. The summed E-state index contributed by atoms with van der Waals surface area (Å²) in [5, 5.41) is 23.9. The number of aliphatic hydroxyl groups is 2. The Bertz CT molecular complexity index is 1030. The summed E-state index contributed by atoms with van der Waals surface area (Å²) in [4.78, 5) is 14.2. The van der Waals surface area contributed by atoms with Crippen LogP contribution in [0.4, 0.5) is 0 Å². The molecule has 238 valence electrons. The highest BCUT2D eigenvalue weighted by atomic mass is 28.3. The van der Waals surface area contributed by atoms with Gasteiger partial charge in [-0.25, -0.2) is 0 Å². The molecule has 2 saturated carbocycles. The highest BCUT2D eigenvalue weighted by Gasteiger charge is 2.71. The molecule has 9 nitrogen and oxygen atoms in total. The minimum atomic E-state index is -1.74. The molecule has 8 atom stereocenters. The van der Waals surface area contributed by atoms with Crippen LogP contribution in [-0.2, 0) is 39.8 Å². The third-order valence-corrected chi connectivity index (χ3v) is 11.0. The molecule has 0 radical (unpaired) electrons. The molecular formula is C32H52O9Si. The SMILES string of the molecule is CCOC(=O)[C@]12CC[C@H](OCc3ccccc3)C[C@@H]1[C@@H](OCOCC[Si](C)(C)C)[C@@H](O)[C@](C)(O)[C@H]2[C@@H]1COC(C)(C)O1. The first-order valence-corrected chi connectivity index (χ1v) is 19.2. The second-order valence-corrected chi connectivity index (χ2v) is 19.7. The molecule has 42 heavy (non-hydrogen) atoms. The molecule has 0 spiro atoms. The molecule has 10 heteroatoms. The van der Waals surface area contributed by atoms with Gasteiger partial charge in [-0.1, -0.05) is 50.0 Å². The fraction of sp³-hybridized carbons (Fsp3) is 0.781. The van der Waals surface area contributed by atoms with Crippen molar-refractivity contribution in [3.8, 4) is 0 Å². The van der Waals surface area contributed by atoms with Gasteiger partial charge >= 0.3 is 5.97 Å². The average molecular weight is 609 g/mol. The zero-order chi connectivity index (χ0) is 30.8. The van der Waals surface area contributed by atoms with Crippen molar-refractivity contribution in [1.29, 1.82) is 0 Å². The maximum absolute atomic E-state index is 14.2.